The van der Waals surface area contributed by atoms with Crippen LogP contribution in [0.15, 0.2) is 24.3 Å². The standard InChI is InChI=1S/C17H21NO2S/c1-2-16-13-18(10-12-21-16)17(20)15-8-6-14(7-9-15)5-3-4-11-19/h6-9,16,19H,2,4,10-13H2,1H3. The first kappa shape index (κ1) is 15.9. The molecule has 1 saturated heterocycles. The number of thioether (sulfide) groups is 1. The summed E-state index contributed by atoms with van der Waals surface area (Å²) in [5.41, 5.74) is 1.60. The second-order valence-corrected chi connectivity index (χ2v) is 6.41. The van der Waals surface area contributed by atoms with Crippen LogP contribution < -0.4 is 0 Å². The maximum absolute atomic E-state index is 12.5. The minimum absolute atomic E-state index is 0.0785. The molecular formula is C17H21NO2S. The molecule has 4 heteroatoms. The van der Waals surface area contributed by atoms with Crippen LogP contribution in [0.1, 0.15) is 35.7 Å². The van der Waals surface area contributed by atoms with E-state index in [2.05, 4.69) is 18.8 Å². The quantitative estimate of drug-likeness (QED) is 0.872. The highest BCUT2D eigenvalue weighted by Gasteiger charge is 2.23. The average molecular weight is 303 g/mol. The van der Waals surface area contributed by atoms with E-state index in [0.717, 1.165) is 36.4 Å². The Labute approximate surface area is 130 Å². The zero-order valence-corrected chi connectivity index (χ0v) is 13.2. The molecule has 0 saturated carbocycles. The van der Waals surface area contributed by atoms with E-state index >= 15 is 0 Å². The minimum atomic E-state index is 0.0785. The van der Waals surface area contributed by atoms with Gasteiger partial charge in [-0.15, -0.1) is 0 Å². The second-order valence-electron chi connectivity index (χ2n) is 5.00. The van der Waals surface area contributed by atoms with E-state index in [-0.39, 0.29) is 12.5 Å². The molecule has 21 heavy (non-hydrogen) atoms. The second kappa shape index (κ2) is 8.11. The van der Waals surface area contributed by atoms with Gasteiger partial charge in [-0.3, -0.25) is 4.79 Å². The Bertz CT molecular complexity index is 530. The van der Waals surface area contributed by atoms with Crippen LogP contribution in [0, 0.1) is 11.8 Å². The van der Waals surface area contributed by atoms with E-state index in [0.29, 0.717) is 11.7 Å². The van der Waals surface area contributed by atoms with E-state index in [4.69, 9.17) is 5.11 Å². The molecular weight excluding hydrogens is 282 g/mol. The lowest BCUT2D eigenvalue weighted by molar-refractivity contribution is 0.0761. The number of carbonyl (C=O) groups is 1. The molecule has 1 aromatic rings. The van der Waals surface area contributed by atoms with Crippen LogP contribution in [-0.2, 0) is 0 Å². The van der Waals surface area contributed by atoms with Gasteiger partial charge >= 0.3 is 0 Å². The number of aliphatic hydroxyl groups is 1. The molecule has 1 unspecified atom stereocenters. The lowest BCUT2D eigenvalue weighted by Gasteiger charge is -2.32. The van der Waals surface area contributed by atoms with E-state index in [1.54, 1.807) is 0 Å². The first-order chi connectivity index (χ1) is 10.2. The van der Waals surface area contributed by atoms with Gasteiger partial charge in [-0.2, -0.15) is 11.8 Å². The lowest BCUT2D eigenvalue weighted by Crippen LogP contribution is -2.41. The van der Waals surface area contributed by atoms with Crippen molar-refractivity contribution in [1.29, 1.82) is 0 Å². The first-order valence-corrected chi connectivity index (χ1v) is 8.40. The fraction of sp³-hybridized carbons (Fsp3) is 0.471. The van der Waals surface area contributed by atoms with Crippen molar-refractivity contribution in [3.63, 3.8) is 0 Å². The van der Waals surface area contributed by atoms with Gasteiger partial charge in [0.15, 0.2) is 0 Å². The Morgan fingerprint density at radius 2 is 2.19 bits per heavy atom. The van der Waals surface area contributed by atoms with Crippen LogP contribution in [0.5, 0.6) is 0 Å². The number of rotatable bonds is 3. The maximum Gasteiger partial charge on any atom is 0.253 e. The molecule has 0 aliphatic carbocycles. The smallest absolute Gasteiger partial charge is 0.253 e. The molecule has 1 fully saturated rings. The molecule has 2 rings (SSSR count). The van der Waals surface area contributed by atoms with Gasteiger partial charge < -0.3 is 10.0 Å². The van der Waals surface area contributed by atoms with Gasteiger partial charge in [0, 0.05) is 41.6 Å². The van der Waals surface area contributed by atoms with Gasteiger partial charge in [0.05, 0.1) is 6.61 Å². The average Bonchev–Trinajstić information content (AvgIpc) is 2.55. The van der Waals surface area contributed by atoms with Gasteiger partial charge in [-0.05, 0) is 30.7 Å². The fourth-order valence-electron chi connectivity index (χ4n) is 2.25. The molecule has 112 valence electrons. The van der Waals surface area contributed by atoms with Crippen molar-refractivity contribution in [3.05, 3.63) is 35.4 Å². The number of carbonyl (C=O) groups excluding carboxylic acids is 1. The molecule has 0 aromatic heterocycles. The molecule has 1 amide bonds. The fourth-order valence-corrected chi connectivity index (χ4v) is 3.43. The molecule has 3 nitrogen and oxygen atoms in total. The van der Waals surface area contributed by atoms with Crippen LogP contribution in [-0.4, -0.2) is 46.6 Å². The Hall–Kier alpha value is -1.44. The normalized spacial score (nSPS) is 18.0. The minimum Gasteiger partial charge on any atom is -0.395 e. The van der Waals surface area contributed by atoms with Gasteiger partial charge in [-0.1, -0.05) is 18.8 Å². The van der Waals surface area contributed by atoms with Gasteiger partial charge in [0.25, 0.3) is 5.91 Å². The number of amides is 1. The predicted octanol–water partition coefficient (Wildman–Crippen LogP) is 2.39. The summed E-state index contributed by atoms with van der Waals surface area (Å²) in [6, 6.07) is 7.42. The largest absolute Gasteiger partial charge is 0.395 e. The van der Waals surface area contributed by atoms with Crippen molar-refractivity contribution in [2.45, 2.75) is 25.0 Å². The van der Waals surface area contributed by atoms with Crippen LogP contribution in [0.25, 0.3) is 0 Å². The number of nitrogens with zero attached hydrogens (tertiary/aromatic N) is 1. The molecule has 1 aliphatic heterocycles. The molecule has 1 atom stereocenters. The zero-order valence-electron chi connectivity index (χ0n) is 12.3. The summed E-state index contributed by atoms with van der Waals surface area (Å²) in [5, 5.41) is 9.25. The maximum atomic E-state index is 12.5. The van der Waals surface area contributed by atoms with Gasteiger partial charge in [0.1, 0.15) is 0 Å². The van der Waals surface area contributed by atoms with Crippen LogP contribution in [0.2, 0.25) is 0 Å². The number of aliphatic hydroxyl groups excluding tert-OH is 1. The van der Waals surface area contributed by atoms with Crippen molar-refractivity contribution in [2.75, 3.05) is 25.4 Å². The van der Waals surface area contributed by atoms with Crippen molar-refractivity contribution in [3.8, 4) is 11.8 Å². The van der Waals surface area contributed by atoms with Crippen molar-refractivity contribution >= 4 is 17.7 Å². The lowest BCUT2D eigenvalue weighted by atomic mass is 10.1. The molecule has 0 radical (unpaired) electrons. The monoisotopic (exact) mass is 303 g/mol. The van der Waals surface area contributed by atoms with Gasteiger partial charge in [-0.25, -0.2) is 0 Å². The third-order valence-electron chi connectivity index (χ3n) is 3.48. The van der Waals surface area contributed by atoms with Crippen molar-refractivity contribution < 1.29 is 9.90 Å². The summed E-state index contributed by atoms with van der Waals surface area (Å²) in [7, 11) is 0. The number of hydrogen-bond acceptors (Lipinski definition) is 3. The van der Waals surface area contributed by atoms with E-state index in [1.165, 1.54) is 0 Å². The molecule has 0 bridgehead atoms. The zero-order chi connectivity index (χ0) is 15.1. The van der Waals surface area contributed by atoms with E-state index < -0.39 is 0 Å². The summed E-state index contributed by atoms with van der Waals surface area (Å²) >= 11 is 1.96. The predicted molar refractivity (Wildman–Crippen MR) is 87.5 cm³/mol. The Balaban J connectivity index is 2.01. The summed E-state index contributed by atoms with van der Waals surface area (Å²) in [5.74, 6) is 6.99. The van der Waals surface area contributed by atoms with Crippen LogP contribution >= 0.6 is 11.8 Å². The summed E-state index contributed by atoms with van der Waals surface area (Å²) in [4.78, 5) is 14.4. The number of hydrogen-bond donors (Lipinski definition) is 1. The molecule has 1 heterocycles. The summed E-state index contributed by atoms with van der Waals surface area (Å²) < 4.78 is 0. The number of benzene rings is 1. The third kappa shape index (κ3) is 4.52. The Kier molecular flexibility index (Phi) is 6.16. The van der Waals surface area contributed by atoms with E-state index in [9.17, 15) is 4.79 Å². The highest BCUT2D eigenvalue weighted by molar-refractivity contribution is 8.00. The topological polar surface area (TPSA) is 40.5 Å². The van der Waals surface area contributed by atoms with Crippen LogP contribution in [0.4, 0.5) is 0 Å². The Morgan fingerprint density at radius 3 is 2.86 bits per heavy atom. The molecule has 1 aromatic carbocycles. The third-order valence-corrected chi connectivity index (χ3v) is 4.85. The highest BCUT2D eigenvalue weighted by Crippen LogP contribution is 2.22. The van der Waals surface area contributed by atoms with Crippen LogP contribution in [0.3, 0.4) is 0 Å². The molecule has 1 N–H and O–H groups in total. The molecule has 0 spiro atoms. The van der Waals surface area contributed by atoms with E-state index in [1.807, 2.05) is 40.9 Å². The van der Waals surface area contributed by atoms with Gasteiger partial charge in [0.2, 0.25) is 0 Å². The van der Waals surface area contributed by atoms with Crippen molar-refractivity contribution in [1.82, 2.24) is 4.90 Å². The summed E-state index contributed by atoms with van der Waals surface area (Å²) in [6.45, 7) is 3.93. The van der Waals surface area contributed by atoms with Crippen molar-refractivity contribution in [2.24, 2.45) is 0 Å². The first-order valence-electron chi connectivity index (χ1n) is 7.35. The Morgan fingerprint density at radius 1 is 1.43 bits per heavy atom. The SMILES string of the molecule is CCC1CN(C(=O)c2ccc(C#CCCO)cc2)CCS1. The molecule has 1 aliphatic rings. The summed E-state index contributed by atoms with van der Waals surface area (Å²) in [6.07, 6.45) is 1.58. The highest BCUT2D eigenvalue weighted by atomic mass is 32.2.